The maximum Gasteiger partial charge on any atom is 0.335 e. The smallest absolute Gasteiger partial charge is 0.335 e. The fraction of sp³-hybridized carbons (Fsp3) is 0.478. The van der Waals surface area contributed by atoms with E-state index in [0.29, 0.717) is 13.2 Å². The second kappa shape index (κ2) is 10.4. The van der Waals surface area contributed by atoms with Crippen molar-refractivity contribution in [3.8, 4) is 5.75 Å². The van der Waals surface area contributed by atoms with Gasteiger partial charge in [-0.05, 0) is 49.6 Å². The molecule has 0 aliphatic carbocycles. The molecule has 2 aromatic rings. The molecule has 0 radical (unpaired) electrons. The zero-order valence-electron chi connectivity index (χ0n) is 18.3. The van der Waals surface area contributed by atoms with Crippen molar-refractivity contribution in [1.29, 1.82) is 0 Å². The minimum absolute atomic E-state index is 0.187. The van der Waals surface area contributed by atoms with Gasteiger partial charge in [0.2, 0.25) is 0 Å². The fourth-order valence-corrected chi connectivity index (χ4v) is 4.83. The van der Waals surface area contributed by atoms with Crippen LogP contribution in [0, 0.1) is 0 Å². The molecule has 0 bridgehead atoms. The highest BCUT2D eigenvalue weighted by Crippen LogP contribution is 2.51. The first kappa shape index (κ1) is 23.6. The van der Waals surface area contributed by atoms with Crippen molar-refractivity contribution in [3.63, 3.8) is 0 Å². The lowest BCUT2D eigenvalue weighted by Gasteiger charge is -2.27. The lowest BCUT2D eigenvalue weighted by molar-refractivity contribution is -0.0382. The minimum atomic E-state index is -3.10. The predicted octanol–water partition coefficient (Wildman–Crippen LogP) is 6.15. The van der Waals surface area contributed by atoms with Crippen LogP contribution in [0.5, 0.6) is 5.75 Å². The normalized spacial score (nSPS) is 13.3. The monoisotopic (exact) mass is 420 g/mol. The van der Waals surface area contributed by atoms with E-state index in [2.05, 4.69) is 38.1 Å². The predicted molar refractivity (Wildman–Crippen MR) is 117 cm³/mol. The Bertz CT molecular complexity index is 789. The van der Waals surface area contributed by atoms with E-state index >= 15 is 0 Å². The first-order chi connectivity index (χ1) is 13.7. The molecule has 0 saturated carbocycles. The third-order valence-electron chi connectivity index (χ3n) is 4.91. The Labute approximate surface area is 174 Å². The summed E-state index contributed by atoms with van der Waals surface area (Å²) in [5, 5.41) is 0. The second-order valence-electron chi connectivity index (χ2n) is 7.37. The quantitative estimate of drug-likeness (QED) is 0.322. The molecule has 1 atom stereocenters. The van der Waals surface area contributed by atoms with Crippen LogP contribution < -0.4 is 4.74 Å². The summed E-state index contributed by atoms with van der Waals surface area (Å²) in [4.78, 5) is 0. The third kappa shape index (κ3) is 6.42. The van der Waals surface area contributed by atoms with Gasteiger partial charge >= 0.3 is 7.60 Å². The molecule has 0 aromatic heterocycles. The molecule has 6 heteroatoms. The summed E-state index contributed by atoms with van der Waals surface area (Å²) in [6.07, 6.45) is -0.00945. The maximum absolute atomic E-state index is 12.8. The molecule has 0 saturated heterocycles. The molecule has 1 unspecified atom stereocenters. The van der Waals surface area contributed by atoms with Crippen LogP contribution in [-0.4, -0.2) is 26.6 Å². The summed E-state index contributed by atoms with van der Waals surface area (Å²) in [7, 11) is -1.48. The van der Waals surface area contributed by atoms with Crippen molar-refractivity contribution in [1.82, 2.24) is 0 Å². The van der Waals surface area contributed by atoms with E-state index in [1.54, 1.807) is 7.11 Å². The molecule has 0 N–H and O–H groups in total. The number of hydrogen-bond acceptors (Lipinski definition) is 5. The van der Waals surface area contributed by atoms with Crippen molar-refractivity contribution in [2.24, 2.45) is 0 Å². The first-order valence-corrected chi connectivity index (χ1v) is 11.7. The van der Waals surface area contributed by atoms with E-state index in [-0.39, 0.29) is 17.9 Å². The number of methoxy groups -OCH3 is 1. The maximum atomic E-state index is 12.8. The van der Waals surface area contributed by atoms with Crippen molar-refractivity contribution < 1.29 is 23.1 Å². The van der Waals surface area contributed by atoms with Crippen molar-refractivity contribution in [2.75, 3.05) is 20.3 Å². The highest BCUT2D eigenvalue weighted by Gasteiger charge is 2.26. The molecule has 0 fully saturated rings. The minimum Gasteiger partial charge on any atom is -0.465 e. The molecule has 2 rings (SSSR count). The lowest BCUT2D eigenvalue weighted by atomic mass is 9.78. The molecule has 160 valence electrons. The van der Waals surface area contributed by atoms with Gasteiger partial charge in [-0.1, -0.05) is 50.2 Å². The van der Waals surface area contributed by atoms with Gasteiger partial charge in [-0.25, -0.2) is 0 Å². The standard InChI is InChI=1S/C23H33O5P/c1-7-26-29(24,27-8-2)17-19-9-11-20(12-10-19)23(4,5)21-13-15-22(16-14-21)28-18(3)25-6/h9-16,18H,7-8,17H2,1-6H3. The Kier molecular flexibility index (Phi) is 8.47. The summed E-state index contributed by atoms with van der Waals surface area (Å²) in [5.41, 5.74) is 3.10. The van der Waals surface area contributed by atoms with E-state index in [0.717, 1.165) is 11.3 Å². The summed E-state index contributed by atoms with van der Waals surface area (Å²) in [6, 6.07) is 16.2. The topological polar surface area (TPSA) is 54.0 Å². The van der Waals surface area contributed by atoms with E-state index in [1.165, 1.54) is 11.1 Å². The zero-order valence-corrected chi connectivity index (χ0v) is 19.2. The lowest BCUT2D eigenvalue weighted by Crippen LogP contribution is -2.19. The molecule has 0 spiro atoms. The van der Waals surface area contributed by atoms with Gasteiger partial charge in [-0.15, -0.1) is 0 Å². The van der Waals surface area contributed by atoms with E-state index < -0.39 is 7.60 Å². The van der Waals surface area contributed by atoms with Gasteiger partial charge in [0, 0.05) is 12.5 Å². The average Bonchev–Trinajstić information content (AvgIpc) is 2.69. The van der Waals surface area contributed by atoms with Gasteiger partial charge in [-0.2, -0.15) is 0 Å². The van der Waals surface area contributed by atoms with Crippen LogP contribution in [0.15, 0.2) is 48.5 Å². The third-order valence-corrected chi connectivity index (χ3v) is 6.97. The molecule has 0 heterocycles. The van der Waals surface area contributed by atoms with Gasteiger partial charge < -0.3 is 18.5 Å². The molecule has 29 heavy (non-hydrogen) atoms. The Balaban J connectivity index is 2.16. The number of hydrogen-bond donors (Lipinski definition) is 0. The summed E-state index contributed by atoms with van der Waals surface area (Å²) >= 11 is 0. The summed E-state index contributed by atoms with van der Waals surface area (Å²) in [6.45, 7) is 10.6. The van der Waals surface area contributed by atoms with Gasteiger partial charge in [0.25, 0.3) is 0 Å². The Morgan fingerprint density at radius 1 is 0.897 bits per heavy atom. The molecule has 0 aliphatic heterocycles. The molecule has 2 aromatic carbocycles. The number of rotatable bonds is 11. The van der Waals surface area contributed by atoms with Crippen LogP contribution in [0.4, 0.5) is 0 Å². The van der Waals surface area contributed by atoms with E-state index in [1.807, 2.05) is 45.0 Å². The molecular weight excluding hydrogens is 387 g/mol. The van der Waals surface area contributed by atoms with Crippen LogP contribution >= 0.6 is 7.60 Å². The van der Waals surface area contributed by atoms with Gasteiger partial charge in [-0.3, -0.25) is 4.57 Å². The van der Waals surface area contributed by atoms with Crippen molar-refractivity contribution in [2.45, 2.75) is 52.5 Å². The van der Waals surface area contributed by atoms with Crippen molar-refractivity contribution >= 4 is 7.60 Å². The molecule has 0 aliphatic rings. The number of ether oxygens (including phenoxy) is 2. The zero-order chi connectivity index (χ0) is 21.5. The van der Waals surface area contributed by atoms with Crippen LogP contribution in [0.3, 0.4) is 0 Å². The van der Waals surface area contributed by atoms with E-state index in [4.69, 9.17) is 18.5 Å². The van der Waals surface area contributed by atoms with Gasteiger partial charge in [0.1, 0.15) is 5.75 Å². The van der Waals surface area contributed by atoms with Crippen LogP contribution in [0.25, 0.3) is 0 Å². The van der Waals surface area contributed by atoms with Crippen LogP contribution in [0.2, 0.25) is 0 Å². The highest BCUT2D eigenvalue weighted by atomic mass is 31.2. The van der Waals surface area contributed by atoms with Gasteiger partial charge in [0.15, 0.2) is 6.29 Å². The van der Waals surface area contributed by atoms with Crippen molar-refractivity contribution in [3.05, 3.63) is 65.2 Å². The summed E-state index contributed by atoms with van der Waals surface area (Å²) in [5.74, 6) is 0.775. The Morgan fingerprint density at radius 3 is 1.83 bits per heavy atom. The first-order valence-electron chi connectivity index (χ1n) is 10.0. The highest BCUT2D eigenvalue weighted by molar-refractivity contribution is 7.53. The van der Waals surface area contributed by atoms with Gasteiger partial charge in [0.05, 0.1) is 19.4 Å². The Morgan fingerprint density at radius 2 is 1.38 bits per heavy atom. The SMILES string of the molecule is CCOP(=O)(Cc1ccc(C(C)(C)c2ccc(OC(C)OC)cc2)cc1)OCC. The average molecular weight is 420 g/mol. The second-order valence-corrected chi connectivity index (χ2v) is 9.43. The molecule has 0 amide bonds. The largest absolute Gasteiger partial charge is 0.465 e. The molecular formula is C23H33O5P. The van der Waals surface area contributed by atoms with Crippen LogP contribution in [-0.2, 0) is 29.9 Å². The fourth-order valence-electron chi connectivity index (χ4n) is 3.13. The Hall–Kier alpha value is -1.65. The number of benzene rings is 2. The van der Waals surface area contributed by atoms with E-state index in [9.17, 15) is 4.57 Å². The summed E-state index contributed by atoms with van der Waals surface area (Å²) < 4.78 is 34.4. The molecule has 5 nitrogen and oxygen atoms in total. The van der Waals surface area contributed by atoms with Crippen LogP contribution in [0.1, 0.15) is 51.3 Å².